The first-order valence-electron chi connectivity index (χ1n) is 6.00. The van der Waals surface area contributed by atoms with Crippen LogP contribution in [0.4, 0.5) is 13.2 Å². The second kappa shape index (κ2) is 8.63. The third kappa shape index (κ3) is 9.58. The van der Waals surface area contributed by atoms with Crippen LogP contribution in [-0.4, -0.2) is 35.8 Å². The summed E-state index contributed by atoms with van der Waals surface area (Å²) in [4.78, 5) is 11.6. The van der Waals surface area contributed by atoms with Crippen LogP contribution in [0.2, 0.25) is 0 Å². The Kier molecular flexibility index (Phi) is 8.43. The first-order valence-corrected chi connectivity index (χ1v) is 6.99. The van der Waals surface area contributed by atoms with Crippen molar-refractivity contribution in [2.45, 2.75) is 51.2 Å². The van der Waals surface area contributed by atoms with Crippen molar-refractivity contribution in [3.05, 3.63) is 0 Å². The van der Waals surface area contributed by atoms with Crippen LogP contribution < -0.4 is 10.6 Å². The maximum absolute atomic E-state index is 11.9. The number of carbonyl (C=O) groups excluding carboxylic acids is 1. The number of alkyl halides is 3. The number of halogens is 3. The molecule has 7 heteroatoms. The van der Waals surface area contributed by atoms with E-state index in [9.17, 15) is 18.0 Å². The molecule has 3 nitrogen and oxygen atoms in total. The highest BCUT2D eigenvalue weighted by molar-refractivity contribution is 8.00. The molecule has 0 aromatic heterocycles. The Morgan fingerprint density at radius 3 is 2.44 bits per heavy atom. The van der Waals surface area contributed by atoms with Crippen molar-refractivity contribution < 1.29 is 18.0 Å². The summed E-state index contributed by atoms with van der Waals surface area (Å²) in [6.07, 6.45) is 1.87. The van der Waals surface area contributed by atoms with Gasteiger partial charge in [0.05, 0.1) is 6.04 Å². The van der Waals surface area contributed by atoms with E-state index in [-0.39, 0.29) is 36.0 Å². The highest BCUT2D eigenvalue weighted by atomic mass is 32.2. The number of carbonyl (C=O) groups is 1. The molecular weight excluding hydrogens is 265 g/mol. The van der Waals surface area contributed by atoms with Gasteiger partial charge in [0.1, 0.15) is 0 Å². The van der Waals surface area contributed by atoms with Crippen LogP contribution in [-0.2, 0) is 4.79 Å². The highest BCUT2D eigenvalue weighted by Gasteiger charge is 2.27. The Morgan fingerprint density at radius 1 is 1.33 bits per heavy atom. The first kappa shape index (κ1) is 17.6. The minimum atomic E-state index is -4.21. The minimum Gasteiger partial charge on any atom is -0.352 e. The van der Waals surface area contributed by atoms with Crippen molar-refractivity contribution in [1.82, 2.24) is 10.6 Å². The average molecular weight is 286 g/mol. The fourth-order valence-corrected chi connectivity index (χ4v) is 1.86. The molecule has 0 bridgehead atoms. The van der Waals surface area contributed by atoms with Gasteiger partial charge < -0.3 is 10.6 Å². The summed E-state index contributed by atoms with van der Waals surface area (Å²) in [5.41, 5.74) is -4.21. The lowest BCUT2D eigenvalue weighted by Gasteiger charge is -2.18. The van der Waals surface area contributed by atoms with Gasteiger partial charge in [0.25, 0.3) is 0 Å². The Morgan fingerprint density at radius 2 is 1.94 bits per heavy atom. The maximum Gasteiger partial charge on any atom is 0.441 e. The molecule has 0 fully saturated rings. The van der Waals surface area contributed by atoms with Crippen molar-refractivity contribution >= 4 is 17.7 Å². The number of hydrogen-bond donors (Lipinski definition) is 2. The van der Waals surface area contributed by atoms with E-state index in [1.807, 2.05) is 13.8 Å². The van der Waals surface area contributed by atoms with Gasteiger partial charge in [-0.05, 0) is 32.0 Å². The molecule has 0 aliphatic heterocycles. The number of amides is 1. The molecule has 108 valence electrons. The summed E-state index contributed by atoms with van der Waals surface area (Å²) >= 11 is -0.0849. The van der Waals surface area contributed by atoms with Crippen molar-refractivity contribution in [2.24, 2.45) is 0 Å². The van der Waals surface area contributed by atoms with Crippen molar-refractivity contribution in [1.29, 1.82) is 0 Å². The zero-order valence-corrected chi connectivity index (χ0v) is 11.8. The van der Waals surface area contributed by atoms with Gasteiger partial charge in [-0.2, -0.15) is 13.2 Å². The van der Waals surface area contributed by atoms with E-state index in [2.05, 4.69) is 10.6 Å². The third-order valence-electron chi connectivity index (χ3n) is 2.32. The Bertz CT molecular complexity index is 249. The molecule has 1 amide bonds. The molecule has 0 heterocycles. The summed E-state index contributed by atoms with van der Waals surface area (Å²) in [5.74, 6) is -0.265. The summed E-state index contributed by atoms with van der Waals surface area (Å²) in [7, 11) is 0. The molecule has 0 radical (unpaired) electrons. The van der Waals surface area contributed by atoms with Gasteiger partial charge in [-0.1, -0.05) is 13.3 Å². The van der Waals surface area contributed by atoms with Gasteiger partial charge in [0.15, 0.2) is 0 Å². The van der Waals surface area contributed by atoms with Crippen molar-refractivity contribution in [3.63, 3.8) is 0 Å². The lowest BCUT2D eigenvalue weighted by atomic mass is 10.2. The number of thioether (sulfide) groups is 1. The average Bonchev–Trinajstić information content (AvgIpc) is 2.22. The monoisotopic (exact) mass is 286 g/mol. The van der Waals surface area contributed by atoms with Gasteiger partial charge in [0, 0.05) is 18.3 Å². The topological polar surface area (TPSA) is 41.1 Å². The smallest absolute Gasteiger partial charge is 0.352 e. The van der Waals surface area contributed by atoms with Gasteiger partial charge >= 0.3 is 5.51 Å². The number of rotatable bonds is 8. The zero-order chi connectivity index (χ0) is 14.2. The van der Waals surface area contributed by atoms with Gasteiger partial charge in [-0.25, -0.2) is 0 Å². The molecule has 2 unspecified atom stereocenters. The van der Waals surface area contributed by atoms with Crippen LogP contribution in [0.25, 0.3) is 0 Å². The molecule has 0 saturated carbocycles. The minimum absolute atomic E-state index is 0.0849. The number of nitrogens with one attached hydrogen (secondary N) is 2. The molecule has 0 aromatic carbocycles. The zero-order valence-electron chi connectivity index (χ0n) is 10.9. The predicted octanol–water partition coefficient (Wildman–Crippen LogP) is 2.52. The standard InChI is InChI=1S/C11H21F3N2OS/c1-4-5-8(2)16-10(17)9(3)15-6-7-18-11(12,13)14/h8-9,15H,4-7H2,1-3H3,(H,16,17). The van der Waals surface area contributed by atoms with Crippen LogP contribution in [0.5, 0.6) is 0 Å². The van der Waals surface area contributed by atoms with E-state index in [0.717, 1.165) is 12.8 Å². The molecule has 2 atom stereocenters. The van der Waals surface area contributed by atoms with Crippen LogP contribution in [0.1, 0.15) is 33.6 Å². The quantitative estimate of drug-likeness (QED) is 0.674. The second-order valence-electron chi connectivity index (χ2n) is 4.17. The lowest BCUT2D eigenvalue weighted by molar-refractivity contribution is -0.123. The molecule has 18 heavy (non-hydrogen) atoms. The van der Waals surface area contributed by atoms with Gasteiger partial charge in [-0.3, -0.25) is 4.79 Å². The molecule has 0 aliphatic rings. The Labute approximate surface area is 110 Å². The molecule has 0 rings (SSSR count). The fourth-order valence-electron chi connectivity index (χ4n) is 1.41. The van der Waals surface area contributed by atoms with Gasteiger partial charge in [-0.15, -0.1) is 0 Å². The van der Waals surface area contributed by atoms with Crippen LogP contribution in [0, 0.1) is 0 Å². The van der Waals surface area contributed by atoms with Gasteiger partial charge in [0.2, 0.25) is 5.91 Å². The van der Waals surface area contributed by atoms with Crippen molar-refractivity contribution in [3.8, 4) is 0 Å². The highest BCUT2D eigenvalue weighted by Crippen LogP contribution is 2.29. The van der Waals surface area contributed by atoms with E-state index < -0.39 is 11.6 Å². The van der Waals surface area contributed by atoms with Crippen molar-refractivity contribution in [2.75, 3.05) is 12.3 Å². The molecule has 0 saturated heterocycles. The lowest BCUT2D eigenvalue weighted by Crippen LogP contribution is -2.46. The third-order valence-corrected chi connectivity index (χ3v) is 3.06. The molecule has 0 aliphatic carbocycles. The number of hydrogen-bond acceptors (Lipinski definition) is 3. The summed E-state index contributed by atoms with van der Waals surface area (Å²) in [6.45, 7) is 5.74. The van der Waals surface area contributed by atoms with E-state index in [1.165, 1.54) is 0 Å². The largest absolute Gasteiger partial charge is 0.441 e. The van der Waals surface area contributed by atoms with E-state index in [4.69, 9.17) is 0 Å². The van der Waals surface area contributed by atoms with Crippen LogP contribution in [0.3, 0.4) is 0 Å². The second-order valence-corrected chi connectivity index (χ2v) is 5.33. The molecule has 0 spiro atoms. The van der Waals surface area contributed by atoms with Crippen LogP contribution >= 0.6 is 11.8 Å². The van der Waals surface area contributed by atoms with E-state index in [0.29, 0.717) is 0 Å². The summed E-state index contributed by atoms with van der Waals surface area (Å²) < 4.78 is 35.6. The normalized spacial score (nSPS) is 15.2. The fraction of sp³-hybridized carbons (Fsp3) is 0.909. The maximum atomic E-state index is 11.9. The Hall–Kier alpha value is -0.430. The SMILES string of the molecule is CCCC(C)NC(=O)C(C)NCCSC(F)(F)F. The summed E-state index contributed by atoms with van der Waals surface area (Å²) in [5, 5.41) is 5.58. The van der Waals surface area contributed by atoms with E-state index >= 15 is 0 Å². The van der Waals surface area contributed by atoms with E-state index in [1.54, 1.807) is 6.92 Å². The van der Waals surface area contributed by atoms with Crippen LogP contribution in [0.15, 0.2) is 0 Å². The summed E-state index contributed by atoms with van der Waals surface area (Å²) in [6, 6.07) is -0.380. The molecule has 2 N–H and O–H groups in total. The Balaban J connectivity index is 3.74. The predicted molar refractivity (Wildman–Crippen MR) is 68.5 cm³/mol. The molecular formula is C11H21F3N2OS. The molecule has 0 aromatic rings. The first-order chi connectivity index (χ1) is 8.26.